The highest BCUT2D eigenvalue weighted by Gasteiger charge is 2.28. The summed E-state index contributed by atoms with van der Waals surface area (Å²) in [5.41, 5.74) is 1.04. The first-order chi connectivity index (χ1) is 16.3. The molecule has 8 nitrogen and oxygen atoms in total. The zero-order valence-corrected chi connectivity index (χ0v) is 20.3. The highest BCUT2D eigenvalue weighted by Crippen LogP contribution is 2.34. The van der Waals surface area contributed by atoms with Crippen LogP contribution in [-0.2, 0) is 14.8 Å². The van der Waals surface area contributed by atoms with Crippen LogP contribution in [0, 0.1) is 0 Å². The maximum Gasteiger partial charge on any atom is 0.264 e. The number of carbonyl (C=O) groups is 1. The third-order valence-electron chi connectivity index (χ3n) is 5.26. The lowest BCUT2D eigenvalue weighted by molar-refractivity contribution is -0.120. The van der Waals surface area contributed by atoms with Gasteiger partial charge in [0.15, 0.2) is 11.5 Å². The van der Waals surface area contributed by atoms with Crippen LogP contribution in [0.3, 0.4) is 0 Å². The van der Waals surface area contributed by atoms with Crippen molar-refractivity contribution >= 4 is 21.6 Å². The van der Waals surface area contributed by atoms with E-state index in [1.165, 1.54) is 32.4 Å². The molecule has 0 radical (unpaired) electrons. The SMILES string of the molecule is COc1ccc(N(CC(=O)N[C@H](C)c2ccccc2OC)S(=O)(=O)c2ccccc2)cc1OC. The summed E-state index contributed by atoms with van der Waals surface area (Å²) >= 11 is 0. The average molecular weight is 485 g/mol. The molecule has 1 atom stereocenters. The second kappa shape index (κ2) is 10.9. The van der Waals surface area contributed by atoms with Gasteiger partial charge in [-0.3, -0.25) is 9.10 Å². The summed E-state index contributed by atoms with van der Waals surface area (Å²) in [7, 11) is 0.445. The van der Waals surface area contributed by atoms with Gasteiger partial charge in [0.25, 0.3) is 10.0 Å². The second-order valence-corrected chi connectivity index (χ2v) is 9.26. The van der Waals surface area contributed by atoms with Gasteiger partial charge in [0.05, 0.1) is 38.0 Å². The normalized spacial score (nSPS) is 11.9. The minimum atomic E-state index is -4.06. The molecule has 0 aromatic heterocycles. The molecule has 9 heteroatoms. The number of benzene rings is 3. The highest BCUT2D eigenvalue weighted by atomic mass is 32.2. The molecule has 0 aliphatic carbocycles. The van der Waals surface area contributed by atoms with Crippen LogP contribution in [0.1, 0.15) is 18.5 Å². The fourth-order valence-corrected chi connectivity index (χ4v) is 4.97. The van der Waals surface area contributed by atoms with Gasteiger partial charge in [0.2, 0.25) is 5.91 Å². The minimum Gasteiger partial charge on any atom is -0.496 e. The second-order valence-electron chi connectivity index (χ2n) is 7.40. The summed E-state index contributed by atoms with van der Waals surface area (Å²) in [6.07, 6.45) is 0. The van der Waals surface area contributed by atoms with Crippen LogP contribution in [0.4, 0.5) is 5.69 Å². The van der Waals surface area contributed by atoms with E-state index in [9.17, 15) is 13.2 Å². The number of para-hydroxylation sites is 1. The van der Waals surface area contributed by atoms with Crippen LogP contribution < -0.4 is 23.8 Å². The van der Waals surface area contributed by atoms with Crippen molar-refractivity contribution < 1.29 is 27.4 Å². The Morgan fingerprint density at radius 1 is 0.853 bits per heavy atom. The maximum atomic E-state index is 13.5. The Labute approximate surface area is 200 Å². The molecule has 0 saturated carbocycles. The fourth-order valence-electron chi connectivity index (χ4n) is 3.53. The zero-order valence-electron chi connectivity index (χ0n) is 19.5. The molecule has 0 bridgehead atoms. The highest BCUT2D eigenvalue weighted by molar-refractivity contribution is 7.92. The van der Waals surface area contributed by atoms with Gasteiger partial charge < -0.3 is 19.5 Å². The van der Waals surface area contributed by atoms with E-state index in [-0.39, 0.29) is 10.6 Å². The maximum absolute atomic E-state index is 13.5. The van der Waals surface area contributed by atoms with Gasteiger partial charge in [0.1, 0.15) is 12.3 Å². The number of methoxy groups -OCH3 is 3. The average Bonchev–Trinajstić information content (AvgIpc) is 2.87. The number of hydrogen-bond acceptors (Lipinski definition) is 6. The number of anilines is 1. The number of amides is 1. The van der Waals surface area contributed by atoms with Crippen LogP contribution in [0.2, 0.25) is 0 Å². The topological polar surface area (TPSA) is 94.2 Å². The summed E-state index contributed by atoms with van der Waals surface area (Å²) < 4.78 is 44.1. The van der Waals surface area contributed by atoms with E-state index in [0.29, 0.717) is 17.2 Å². The van der Waals surface area contributed by atoms with E-state index in [1.807, 2.05) is 25.1 Å². The van der Waals surface area contributed by atoms with Crippen LogP contribution in [0.25, 0.3) is 0 Å². The Morgan fingerprint density at radius 3 is 2.12 bits per heavy atom. The largest absolute Gasteiger partial charge is 0.496 e. The molecule has 0 aliphatic rings. The van der Waals surface area contributed by atoms with Crippen molar-refractivity contribution in [1.82, 2.24) is 5.32 Å². The van der Waals surface area contributed by atoms with Gasteiger partial charge in [-0.2, -0.15) is 0 Å². The van der Waals surface area contributed by atoms with Crippen molar-refractivity contribution in [2.75, 3.05) is 32.2 Å². The van der Waals surface area contributed by atoms with Crippen molar-refractivity contribution in [1.29, 1.82) is 0 Å². The summed E-state index contributed by atoms with van der Waals surface area (Å²) in [5.74, 6) is 0.935. The number of nitrogens with zero attached hydrogens (tertiary/aromatic N) is 1. The number of sulfonamides is 1. The molecule has 3 aromatic carbocycles. The molecular formula is C25H28N2O6S. The van der Waals surface area contributed by atoms with Crippen LogP contribution in [0.5, 0.6) is 17.2 Å². The van der Waals surface area contributed by atoms with Crippen molar-refractivity contribution in [3.63, 3.8) is 0 Å². The summed E-state index contributed by atoms with van der Waals surface area (Å²) in [6, 6.07) is 19.6. The van der Waals surface area contributed by atoms with Gasteiger partial charge in [-0.15, -0.1) is 0 Å². The van der Waals surface area contributed by atoms with Gasteiger partial charge in [0, 0.05) is 11.6 Å². The summed E-state index contributed by atoms with van der Waals surface area (Å²) in [4.78, 5) is 13.1. The molecule has 0 spiro atoms. The van der Waals surface area contributed by atoms with Crippen molar-refractivity contribution in [3.05, 3.63) is 78.4 Å². The molecule has 0 unspecified atom stereocenters. The Morgan fingerprint density at radius 2 is 1.47 bits per heavy atom. The molecule has 1 N–H and O–H groups in total. The molecule has 0 saturated heterocycles. The van der Waals surface area contributed by atoms with Crippen molar-refractivity contribution in [2.45, 2.75) is 17.9 Å². The number of hydrogen-bond donors (Lipinski definition) is 1. The number of ether oxygens (including phenoxy) is 3. The molecule has 0 aliphatic heterocycles. The van der Waals surface area contributed by atoms with E-state index in [4.69, 9.17) is 14.2 Å². The molecular weight excluding hydrogens is 456 g/mol. The standard InChI is InChI=1S/C25H28N2O6S/c1-18(21-12-8-9-13-22(21)31-2)26-25(28)17-27(34(29,30)20-10-6-5-7-11-20)19-14-15-23(32-3)24(16-19)33-4/h5-16,18H,17H2,1-4H3,(H,26,28)/t18-/m1/s1. The first kappa shape index (κ1) is 24.9. The molecule has 3 rings (SSSR count). The first-order valence-electron chi connectivity index (χ1n) is 10.5. The molecule has 0 heterocycles. The number of rotatable bonds is 10. The van der Waals surface area contributed by atoms with Gasteiger partial charge in [-0.25, -0.2) is 8.42 Å². The molecule has 0 fully saturated rings. The van der Waals surface area contributed by atoms with Crippen LogP contribution in [-0.4, -0.2) is 42.2 Å². The molecule has 180 valence electrons. The van der Waals surface area contributed by atoms with E-state index < -0.39 is 28.5 Å². The Balaban J connectivity index is 1.95. The smallest absolute Gasteiger partial charge is 0.264 e. The fraction of sp³-hybridized carbons (Fsp3) is 0.240. The van der Waals surface area contributed by atoms with Crippen LogP contribution in [0.15, 0.2) is 77.7 Å². The van der Waals surface area contributed by atoms with Crippen molar-refractivity contribution in [2.24, 2.45) is 0 Å². The summed E-state index contributed by atoms with van der Waals surface area (Å²) in [5, 5.41) is 2.86. The van der Waals surface area contributed by atoms with E-state index >= 15 is 0 Å². The van der Waals surface area contributed by atoms with Gasteiger partial charge in [-0.05, 0) is 37.3 Å². The van der Waals surface area contributed by atoms with Crippen molar-refractivity contribution in [3.8, 4) is 17.2 Å². The molecule has 34 heavy (non-hydrogen) atoms. The third kappa shape index (κ3) is 5.43. The first-order valence-corrected chi connectivity index (χ1v) is 12.0. The minimum absolute atomic E-state index is 0.0651. The number of nitrogens with one attached hydrogen (secondary N) is 1. The zero-order chi connectivity index (χ0) is 24.7. The van der Waals surface area contributed by atoms with E-state index in [0.717, 1.165) is 9.87 Å². The lowest BCUT2D eigenvalue weighted by Crippen LogP contribution is -2.41. The quantitative estimate of drug-likeness (QED) is 0.471. The Bertz CT molecular complexity index is 1230. The lowest BCUT2D eigenvalue weighted by atomic mass is 10.1. The third-order valence-corrected chi connectivity index (χ3v) is 7.04. The predicted molar refractivity (Wildman–Crippen MR) is 130 cm³/mol. The molecule has 3 aromatic rings. The summed E-state index contributed by atoms with van der Waals surface area (Å²) in [6.45, 7) is 1.37. The van der Waals surface area contributed by atoms with Crippen LogP contribution >= 0.6 is 0 Å². The van der Waals surface area contributed by atoms with Gasteiger partial charge in [-0.1, -0.05) is 36.4 Å². The van der Waals surface area contributed by atoms with E-state index in [1.54, 1.807) is 43.5 Å². The monoisotopic (exact) mass is 484 g/mol. The predicted octanol–water partition coefficient (Wildman–Crippen LogP) is 3.79. The molecule has 1 amide bonds. The Hall–Kier alpha value is -3.72. The Kier molecular flexibility index (Phi) is 8.01. The lowest BCUT2D eigenvalue weighted by Gasteiger charge is -2.26. The number of carbonyl (C=O) groups excluding carboxylic acids is 1. The van der Waals surface area contributed by atoms with Gasteiger partial charge >= 0.3 is 0 Å². The van der Waals surface area contributed by atoms with E-state index in [2.05, 4.69) is 5.32 Å².